The molecule has 6 nitrogen and oxygen atoms in total. The maximum absolute atomic E-state index is 9.33. The summed E-state index contributed by atoms with van der Waals surface area (Å²) in [4.78, 5) is 7.20. The van der Waals surface area contributed by atoms with E-state index in [0.717, 1.165) is 7.11 Å². The van der Waals surface area contributed by atoms with Gasteiger partial charge in [0.25, 0.3) is 0 Å². The van der Waals surface area contributed by atoms with Gasteiger partial charge in [0.2, 0.25) is 0 Å². The lowest BCUT2D eigenvalue weighted by atomic mass is 10.1. The number of rotatable bonds is 1. The highest BCUT2D eigenvalue weighted by Crippen LogP contribution is 2.18. The number of amidine groups is 1. The highest BCUT2D eigenvalue weighted by molar-refractivity contribution is 7.80. The molecule has 0 aliphatic carbocycles. The summed E-state index contributed by atoms with van der Waals surface area (Å²) in [6, 6.07) is 0.578. The Hall–Kier alpha value is -0.660. The summed E-state index contributed by atoms with van der Waals surface area (Å²) in [5.41, 5.74) is 0. The first-order valence-electron chi connectivity index (χ1n) is 6.27. The van der Waals surface area contributed by atoms with E-state index in [9.17, 15) is 8.42 Å². The summed E-state index contributed by atoms with van der Waals surface area (Å²) >= 11 is 0. The second kappa shape index (κ2) is 7.06. The molecule has 0 saturated carbocycles. The van der Waals surface area contributed by atoms with Crippen molar-refractivity contribution in [3.8, 4) is 0 Å². The van der Waals surface area contributed by atoms with Gasteiger partial charge >= 0.3 is 10.4 Å². The molecule has 1 unspecified atom stereocenters. The largest absolute Gasteiger partial charge is 0.397 e. The molecule has 7 heteroatoms. The highest BCUT2D eigenvalue weighted by atomic mass is 32.3. The molecule has 0 bridgehead atoms. The number of nitrogens with zero attached hydrogens (tertiary/aromatic N) is 2. The van der Waals surface area contributed by atoms with Gasteiger partial charge in [-0.3, -0.25) is 13.7 Å². The van der Waals surface area contributed by atoms with Gasteiger partial charge in [-0.25, -0.2) is 0 Å². The van der Waals surface area contributed by atoms with Gasteiger partial charge in [0, 0.05) is 19.5 Å². The van der Waals surface area contributed by atoms with Gasteiger partial charge in [-0.2, -0.15) is 8.42 Å². The molecule has 0 aromatic heterocycles. The minimum absolute atomic E-state index is 0.578. The van der Waals surface area contributed by atoms with E-state index in [1.807, 2.05) is 0 Å². The van der Waals surface area contributed by atoms with E-state index in [2.05, 4.69) is 16.0 Å². The summed E-state index contributed by atoms with van der Waals surface area (Å²) in [7, 11) is -3.29. The van der Waals surface area contributed by atoms with Crippen molar-refractivity contribution < 1.29 is 17.2 Å². The Bertz CT molecular complexity index is 381. The number of aliphatic imine (C=N–C) groups is 1. The molecule has 0 aromatic rings. The second-order valence-electron chi connectivity index (χ2n) is 4.58. The third-order valence-electron chi connectivity index (χ3n) is 3.09. The first kappa shape index (κ1) is 15.4. The lowest BCUT2D eigenvalue weighted by molar-refractivity contribution is 0.324. The van der Waals surface area contributed by atoms with E-state index in [1.165, 1.54) is 51.0 Å². The van der Waals surface area contributed by atoms with E-state index in [4.69, 9.17) is 9.55 Å². The zero-order valence-corrected chi connectivity index (χ0v) is 11.8. The SMILES string of the molecule is CC1CCN2CCCCCC2=N1.COS(=O)(=O)O. The highest BCUT2D eigenvalue weighted by Gasteiger charge is 2.19. The average molecular weight is 278 g/mol. The zero-order chi connectivity index (χ0) is 13.6. The van der Waals surface area contributed by atoms with Crippen LogP contribution in [-0.4, -0.2) is 49.9 Å². The van der Waals surface area contributed by atoms with Crippen molar-refractivity contribution in [2.75, 3.05) is 20.2 Å². The summed E-state index contributed by atoms with van der Waals surface area (Å²) in [6.07, 6.45) is 6.59. The van der Waals surface area contributed by atoms with Crippen molar-refractivity contribution in [1.29, 1.82) is 0 Å². The van der Waals surface area contributed by atoms with Gasteiger partial charge < -0.3 is 4.90 Å². The summed E-state index contributed by atoms with van der Waals surface area (Å²) in [6.45, 7) is 4.74. The monoisotopic (exact) mass is 278 g/mol. The molecule has 2 aliphatic heterocycles. The van der Waals surface area contributed by atoms with Crippen LogP contribution in [0.2, 0.25) is 0 Å². The van der Waals surface area contributed by atoms with Crippen molar-refractivity contribution in [2.24, 2.45) is 4.99 Å². The lowest BCUT2D eigenvalue weighted by Crippen LogP contribution is -2.37. The standard InChI is InChI=1S/C10H18N2.CH4O4S/c1-9-6-8-12-7-4-2-3-5-10(12)11-9;1-5-6(2,3)4/h9H,2-8H2,1H3;1H3,(H,2,3,4). The first-order valence-corrected chi connectivity index (χ1v) is 7.63. The molecule has 18 heavy (non-hydrogen) atoms. The number of hydrogen-bond donors (Lipinski definition) is 1. The fraction of sp³-hybridized carbons (Fsp3) is 0.909. The van der Waals surface area contributed by atoms with E-state index < -0.39 is 10.4 Å². The van der Waals surface area contributed by atoms with Crippen LogP contribution in [0.15, 0.2) is 4.99 Å². The van der Waals surface area contributed by atoms with Crippen molar-refractivity contribution in [3.05, 3.63) is 0 Å². The Balaban J connectivity index is 0.000000232. The van der Waals surface area contributed by atoms with Crippen molar-refractivity contribution in [2.45, 2.75) is 45.1 Å². The topological polar surface area (TPSA) is 79.2 Å². The Morgan fingerprint density at radius 3 is 2.61 bits per heavy atom. The first-order chi connectivity index (χ1) is 8.42. The molecule has 1 fully saturated rings. The third-order valence-corrected chi connectivity index (χ3v) is 3.51. The van der Waals surface area contributed by atoms with Crippen LogP contribution >= 0.6 is 0 Å². The van der Waals surface area contributed by atoms with Gasteiger partial charge in [0.15, 0.2) is 0 Å². The average Bonchev–Trinajstić information content (AvgIpc) is 2.53. The van der Waals surface area contributed by atoms with Gasteiger partial charge in [0.05, 0.1) is 19.0 Å². The van der Waals surface area contributed by atoms with Crippen LogP contribution in [0.1, 0.15) is 39.0 Å². The molecular formula is C11H22N2O4S. The van der Waals surface area contributed by atoms with Crippen molar-refractivity contribution >= 4 is 16.2 Å². The van der Waals surface area contributed by atoms with Crippen LogP contribution in [0.5, 0.6) is 0 Å². The minimum atomic E-state index is -4.16. The fourth-order valence-electron chi connectivity index (χ4n) is 2.10. The van der Waals surface area contributed by atoms with E-state index in [-0.39, 0.29) is 0 Å². The fourth-order valence-corrected chi connectivity index (χ4v) is 2.10. The van der Waals surface area contributed by atoms with E-state index in [1.54, 1.807) is 0 Å². The predicted octanol–water partition coefficient (Wildman–Crippen LogP) is 1.49. The molecule has 1 saturated heterocycles. The van der Waals surface area contributed by atoms with Gasteiger partial charge in [-0.05, 0) is 26.2 Å². The summed E-state index contributed by atoms with van der Waals surface area (Å²) in [5, 5.41) is 0. The molecule has 0 amide bonds. The van der Waals surface area contributed by atoms with Gasteiger partial charge in [-0.1, -0.05) is 6.42 Å². The molecular weight excluding hydrogens is 256 g/mol. The molecule has 0 spiro atoms. The molecule has 2 rings (SSSR count). The molecule has 106 valence electrons. The molecule has 1 atom stereocenters. The van der Waals surface area contributed by atoms with Crippen LogP contribution in [0.25, 0.3) is 0 Å². The smallest absolute Gasteiger partial charge is 0.360 e. The summed E-state index contributed by atoms with van der Waals surface area (Å²) in [5.74, 6) is 1.39. The Labute approximate surface area is 109 Å². The van der Waals surface area contributed by atoms with Crippen molar-refractivity contribution in [3.63, 3.8) is 0 Å². The molecule has 0 radical (unpaired) electrons. The van der Waals surface area contributed by atoms with E-state index in [0.29, 0.717) is 6.04 Å². The maximum Gasteiger partial charge on any atom is 0.397 e. The minimum Gasteiger partial charge on any atom is -0.360 e. The Morgan fingerprint density at radius 2 is 2.00 bits per heavy atom. The predicted molar refractivity (Wildman–Crippen MR) is 70.1 cm³/mol. The second-order valence-corrected chi connectivity index (χ2v) is 5.76. The van der Waals surface area contributed by atoms with Crippen molar-refractivity contribution in [1.82, 2.24) is 4.90 Å². The lowest BCUT2D eigenvalue weighted by Gasteiger charge is -2.30. The molecule has 1 N–H and O–H groups in total. The Morgan fingerprint density at radius 1 is 1.33 bits per heavy atom. The maximum atomic E-state index is 9.33. The molecule has 2 aliphatic rings. The number of hydrogen-bond acceptors (Lipinski definition) is 5. The van der Waals surface area contributed by atoms with Gasteiger partial charge in [0.1, 0.15) is 0 Å². The Kier molecular flexibility index (Phi) is 6.04. The normalized spacial score (nSPS) is 24.3. The van der Waals surface area contributed by atoms with Crippen LogP contribution in [-0.2, 0) is 14.6 Å². The van der Waals surface area contributed by atoms with Crippen LogP contribution in [0, 0.1) is 0 Å². The quantitative estimate of drug-likeness (QED) is 0.735. The van der Waals surface area contributed by atoms with E-state index >= 15 is 0 Å². The molecule has 2 heterocycles. The molecule has 0 aromatic carbocycles. The van der Waals surface area contributed by atoms with Crippen LogP contribution in [0.4, 0.5) is 0 Å². The van der Waals surface area contributed by atoms with Crippen LogP contribution < -0.4 is 0 Å². The summed E-state index contributed by atoms with van der Waals surface area (Å²) < 4.78 is 29.7. The third kappa shape index (κ3) is 5.79. The number of fused-ring (bicyclic) bond motifs is 1. The van der Waals surface area contributed by atoms with Gasteiger partial charge in [-0.15, -0.1) is 0 Å². The zero-order valence-electron chi connectivity index (χ0n) is 11.0. The van der Waals surface area contributed by atoms with Crippen LogP contribution in [0.3, 0.4) is 0 Å².